The maximum Gasteiger partial charge on any atom is 0.451 e. The minimum absolute atomic E-state index is 0.166. The first kappa shape index (κ1) is 26.1. The molecule has 0 aromatic carbocycles. The Morgan fingerprint density at radius 2 is 1.48 bits per heavy atom. The fraction of sp³-hybridized carbons (Fsp3) is 0.474. The molecule has 0 saturated heterocycles. The summed E-state index contributed by atoms with van der Waals surface area (Å²) in [6.45, 7) is 8.69. The van der Waals surface area contributed by atoms with E-state index in [4.69, 9.17) is 4.74 Å². The lowest BCUT2D eigenvalue weighted by molar-refractivity contribution is -0.145. The summed E-state index contributed by atoms with van der Waals surface area (Å²) in [4.78, 5) is 21.2. The summed E-state index contributed by atoms with van der Waals surface area (Å²) < 4.78 is 82.5. The summed E-state index contributed by atoms with van der Waals surface area (Å²) in [6.07, 6.45) is -8.33. The molecule has 0 aliphatic heterocycles. The molecular weight excluding hydrogens is 430 g/mol. The van der Waals surface area contributed by atoms with Gasteiger partial charge >= 0.3 is 18.4 Å². The Hall–Kier alpha value is -2.92. The molecular formula is C19H22F6N4O2. The molecule has 0 saturated carbocycles. The van der Waals surface area contributed by atoms with Crippen LogP contribution in [0.3, 0.4) is 0 Å². The Labute approximate surface area is 175 Å². The van der Waals surface area contributed by atoms with E-state index in [2.05, 4.69) is 20.3 Å². The zero-order valence-corrected chi connectivity index (χ0v) is 17.4. The number of hydrogen-bond donors (Lipinski definition) is 1. The van der Waals surface area contributed by atoms with Crippen molar-refractivity contribution < 1.29 is 35.9 Å². The number of hydrogen-bond acceptors (Lipinski definition) is 5. The monoisotopic (exact) mass is 452 g/mol. The first-order chi connectivity index (χ1) is 14.2. The topological polar surface area (TPSA) is 77.0 Å². The molecule has 2 rings (SSSR count). The van der Waals surface area contributed by atoms with Crippen LogP contribution in [0.25, 0.3) is 11.1 Å². The molecule has 31 heavy (non-hydrogen) atoms. The highest BCUT2D eigenvalue weighted by molar-refractivity contribution is 5.68. The molecule has 0 unspecified atom stereocenters. The highest BCUT2D eigenvalue weighted by Crippen LogP contribution is 2.36. The van der Waals surface area contributed by atoms with E-state index in [1.807, 2.05) is 13.8 Å². The number of alkyl carbamates (subject to hydrolysis) is 1. The van der Waals surface area contributed by atoms with Gasteiger partial charge in [0.2, 0.25) is 5.82 Å². The molecule has 0 aliphatic rings. The summed E-state index contributed by atoms with van der Waals surface area (Å²) >= 11 is 0. The number of amides is 1. The molecule has 0 aliphatic carbocycles. The largest absolute Gasteiger partial charge is 0.451 e. The number of rotatable bonds is 3. The Balaban J connectivity index is 0.00000233. The van der Waals surface area contributed by atoms with Gasteiger partial charge in [-0.25, -0.2) is 14.8 Å². The van der Waals surface area contributed by atoms with Gasteiger partial charge in [0.1, 0.15) is 5.60 Å². The minimum atomic E-state index is -4.87. The van der Waals surface area contributed by atoms with Crippen molar-refractivity contribution in [3.05, 3.63) is 41.7 Å². The Kier molecular flexibility index (Phi) is 8.36. The summed E-state index contributed by atoms with van der Waals surface area (Å²) in [5.41, 5.74) is -2.75. The lowest BCUT2D eigenvalue weighted by Crippen LogP contribution is -2.32. The molecule has 172 valence electrons. The van der Waals surface area contributed by atoms with Crippen molar-refractivity contribution in [2.45, 2.75) is 59.1 Å². The van der Waals surface area contributed by atoms with E-state index in [9.17, 15) is 31.1 Å². The number of alkyl halides is 6. The molecule has 2 aromatic rings. The molecule has 0 spiro atoms. The lowest BCUT2D eigenvalue weighted by atomic mass is 10.0. The normalized spacial score (nSPS) is 12.0. The van der Waals surface area contributed by atoms with Crippen LogP contribution in [0.2, 0.25) is 0 Å². The van der Waals surface area contributed by atoms with Crippen LogP contribution < -0.4 is 5.32 Å². The maximum atomic E-state index is 13.3. The fourth-order valence-electron chi connectivity index (χ4n) is 2.15. The van der Waals surface area contributed by atoms with Crippen molar-refractivity contribution in [2.24, 2.45) is 0 Å². The summed E-state index contributed by atoms with van der Waals surface area (Å²) in [7, 11) is 0. The second kappa shape index (κ2) is 9.92. The van der Waals surface area contributed by atoms with Gasteiger partial charge in [-0.15, -0.1) is 0 Å². The van der Waals surface area contributed by atoms with E-state index < -0.39 is 41.1 Å². The van der Waals surface area contributed by atoms with E-state index >= 15 is 0 Å². The van der Waals surface area contributed by atoms with E-state index in [-0.39, 0.29) is 17.7 Å². The van der Waals surface area contributed by atoms with Gasteiger partial charge in [-0.2, -0.15) is 26.3 Å². The zero-order valence-electron chi connectivity index (χ0n) is 17.4. The van der Waals surface area contributed by atoms with Crippen molar-refractivity contribution in [1.29, 1.82) is 0 Å². The zero-order chi connectivity index (χ0) is 24.0. The van der Waals surface area contributed by atoms with Crippen LogP contribution >= 0.6 is 0 Å². The highest BCUT2D eigenvalue weighted by atomic mass is 19.4. The summed E-state index contributed by atoms with van der Waals surface area (Å²) in [5.74, 6) is -1.48. The number of ether oxygens (including phenoxy) is 1. The van der Waals surface area contributed by atoms with Crippen LogP contribution in [-0.4, -0.2) is 26.6 Å². The standard InChI is InChI=1S/C17H16F6N4O2.C2H6/c1-15(2,3)29-14(28)27-6-9-4-11(12(24-5-9)16(18,19)20)10-7-25-13(26-8-10)17(21,22)23;1-2/h4-5,7-8H,6H2,1-3H3,(H,27,28);1-2H3. The number of aromatic nitrogens is 3. The Morgan fingerprint density at radius 3 is 1.94 bits per heavy atom. The van der Waals surface area contributed by atoms with Gasteiger partial charge in [0.05, 0.1) is 0 Å². The Bertz CT molecular complexity index is 875. The minimum Gasteiger partial charge on any atom is -0.444 e. The van der Waals surface area contributed by atoms with Gasteiger partial charge in [0, 0.05) is 36.3 Å². The smallest absolute Gasteiger partial charge is 0.444 e. The third-order valence-corrected chi connectivity index (χ3v) is 3.26. The van der Waals surface area contributed by atoms with Gasteiger partial charge < -0.3 is 10.1 Å². The number of pyridine rings is 1. The number of carbonyl (C=O) groups is 1. The van der Waals surface area contributed by atoms with E-state index in [0.29, 0.717) is 12.4 Å². The molecule has 2 heterocycles. The van der Waals surface area contributed by atoms with Gasteiger partial charge in [0.15, 0.2) is 5.69 Å². The number of carbonyl (C=O) groups excluding carboxylic acids is 1. The Morgan fingerprint density at radius 1 is 0.935 bits per heavy atom. The first-order valence-electron chi connectivity index (χ1n) is 9.09. The predicted octanol–water partition coefficient (Wildman–Crippen LogP) is 5.63. The van der Waals surface area contributed by atoms with Crippen LogP contribution in [0.1, 0.15) is 51.7 Å². The average molecular weight is 452 g/mol. The molecule has 0 radical (unpaired) electrons. The van der Waals surface area contributed by atoms with Crippen LogP contribution in [0.15, 0.2) is 24.7 Å². The van der Waals surface area contributed by atoms with Gasteiger partial charge in [-0.3, -0.25) is 4.98 Å². The molecule has 0 bridgehead atoms. The van der Waals surface area contributed by atoms with Gasteiger partial charge in [0.25, 0.3) is 0 Å². The van der Waals surface area contributed by atoms with Crippen LogP contribution in [0.5, 0.6) is 0 Å². The molecule has 1 amide bonds. The van der Waals surface area contributed by atoms with Crippen molar-refractivity contribution in [3.63, 3.8) is 0 Å². The van der Waals surface area contributed by atoms with Gasteiger partial charge in [-0.1, -0.05) is 13.8 Å². The second-order valence-corrected chi connectivity index (χ2v) is 6.89. The summed E-state index contributed by atoms with van der Waals surface area (Å²) in [5, 5.41) is 2.36. The quantitative estimate of drug-likeness (QED) is 0.611. The van der Waals surface area contributed by atoms with Crippen molar-refractivity contribution in [1.82, 2.24) is 20.3 Å². The van der Waals surface area contributed by atoms with Crippen molar-refractivity contribution >= 4 is 6.09 Å². The molecule has 6 nitrogen and oxygen atoms in total. The highest BCUT2D eigenvalue weighted by Gasteiger charge is 2.37. The molecule has 0 fully saturated rings. The lowest BCUT2D eigenvalue weighted by Gasteiger charge is -2.20. The third kappa shape index (κ3) is 8.02. The van der Waals surface area contributed by atoms with E-state index in [1.165, 1.54) is 0 Å². The average Bonchev–Trinajstić information content (AvgIpc) is 2.65. The number of nitrogens with zero attached hydrogens (tertiary/aromatic N) is 3. The second-order valence-electron chi connectivity index (χ2n) is 6.89. The van der Waals surface area contributed by atoms with Crippen LogP contribution in [0, 0.1) is 0 Å². The number of nitrogens with one attached hydrogen (secondary N) is 1. The van der Waals surface area contributed by atoms with Crippen molar-refractivity contribution in [3.8, 4) is 11.1 Å². The van der Waals surface area contributed by atoms with E-state index in [1.54, 1.807) is 20.8 Å². The number of halogens is 6. The molecule has 2 aromatic heterocycles. The molecule has 1 N–H and O–H groups in total. The SMILES string of the molecule is CC.CC(C)(C)OC(=O)NCc1cnc(C(F)(F)F)c(-c2cnc(C(F)(F)F)nc2)c1. The maximum absolute atomic E-state index is 13.3. The molecule has 0 atom stereocenters. The fourth-order valence-corrected chi connectivity index (χ4v) is 2.15. The van der Waals surface area contributed by atoms with Crippen molar-refractivity contribution in [2.75, 3.05) is 0 Å². The summed E-state index contributed by atoms with van der Waals surface area (Å²) in [6, 6.07) is 1.04. The van der Waals surface area contributed by atoms with Crippen LogP contribution in [0.4, 0.5) is 31.1 Å². The predicted molar refractivity (Wildman–Crippen MR) is 99.7 cm³/mol. The van der Waals surface area contributed by atoms with E-state index in [0.717, 1.165) is 12.3 Å². The molecule has 12 heteroatoms. The van der Waals surface area contributed by atoms with Gasteiger partial charge in [-0.05, 0) is 32.4 Å². The third-order valence-electron chi connectivity index (χ3n) is 3.26. The first-order valence-corrected chi connectivity index (χ1v) is 9.09. The van der Waals surface area contributed by atoms with Crippen LogP contribution in [-0.2, 0) is 23.6 Å².